The molecule has 2 aliphatic rings. The van der Waals surface area contributed by atoms with Crippen molar-refractivity contribution in [2.45, 2.75) is 69.5 Å². The minimum atomic E-state index is -1.27. The summed E-state index contributed by atoms with van der Waals surface area (Å²) in [5.74, 6) is -0.0359. The summed E-state index contributed by atoms with van der Waals surface area (Å²) in [6.07, 6.45) is 2.87. The summed E-state index contributed by atoms with van der Waals surface area (Å²) >= 11 is -1.22. The Bertz CT molecular complexity index is 810. The smallest absolute Gasteiger partial charge is 0.514 e. The van der Waals surface area contributed by atoms with Crippen LogP contribution in [0.5, 0.6) is 5.75 Å². The van der Waals surface area contributed by atoms with Crippen molar-refractivity contribution in [3.05, 3.63) is 42.0 Å². The van der Waals surface area contributed by atoms with Crippen molar-refractivity contribution in [2.75, 3.05) is 19.1 Å². The van der Waals surface area contributed by atoms with E-state index in [0.717, 1.165) is 0 Å². The van der Waals surface area contributed by atoms with Crippen LogP contribution in [0.15, 0.2) is 42.0 Å². The van der Waals surface area contributed by atoms with Crippen LogP contribution in [0, 0.1) is 5.92 Å². The second-order valence-electron chi connectivity index (χ2n) is 9.17. The molecule has 7 nitrogen and oxygen atoms in total. The number of epoxide rings is 1. The van der Waals surface area contributed by atoms with Gasteiger partial charge in [-0.1, -0.05) is 41.0 Å². The summed E-state index contributed by atoms with van der Waals surface area (Å²) in [6.45, 7) is 6.00. The summed E-state index contributed by atoms with van der Waals surface area (Å²) < 4.78 is 34.9. The summed E-state index contributed by atoms with van der Waals surface area (Å²) in [7, 11) is 1.53. The first-order valence-corrected chi connectivity index (χ1v) is 12.6. The fourth-order valence-electron chi connectivity index (χ4n) is 4.92. The SMILES string of the molecule is COC1C(OC(=O)Oc2ccccc2)CCC(O)(C[S+](C)[O-])C1C1(C)OC1CC=C(C)C. The second kappa shape index (κ2) is 10.1. The molecule has 1 aliphatic carbocycles. The van der Waals surface area contributed by atoms with Crippen molar-refractivity contribution in [1.82, 2.24) is 0 Å². The van der Waals surface area contributed by atoms with Crippen molar-refractivity contribution in [3.63, 3.8) is 0 Å². The number of rotatable bonds is 8. The van der Waals surface area contributed by atoms with Gasteiger partial charge in [0, 0.05) is 7.11 Å². The molecular weight excluding hydrogens is 432 g/mol. The molecule has 1 aromatic rings. The van der Waals surface area contributed by atoms with Crippen LogP contribution in [0.4, 0.5) is 4.79 Å². The lowest BCUT2D eigenvalue weighted by atomic mass is 9.66. The third-order valence-corrected chi connectivity index (χ3v) is 7.30. The molecule has 178 valence electrons. The van der Waals surface area contributed by atoms with Crippen molar-refractivity contribution < 1.29 is 33.4 Å². The lowest BCUT2D eigenvalue weighted by Crippen LogP contribution is -2.62. The van der Waals surface area contributed by atoms with Gasteiger partial charge in [-0.05, 0) is 52.2 Å². The Hall–Kier alpha value is -1.58. The molecule has 1 N–H and O–H groups in total. The highest BCUT2D eigenvalue weighted by molar-refractivity contribution is 7.90. The standard InChI is InChI=1S/C24H34O7S/c1-16(2)11-12-19-23(3,31-19)21-20(28-4)18(13-14-24(21,26)15-32(5)27)30-22(25)29-17-9-7-6-8-10-17/h6-11,18-21,26H,12-15H2,1-5H3. The number of aliphatic hydroxyl groups is 1. The van der Waals surface area contributed by atoms with E-state index in [2.05, 4.69) is 6.08 Å². The van der Waals surface area contributed by atoms with Crippen LogP contribution >= 0.6 is 0 Å². The number of hydrogen-bond donors (Lipinski definition) is 1. The lowest BCUT2D eigenvalue weighted by Gasteiger charge is -2.48. The summed E-state index contributed by atoms with van der Waals surface area (Å²) in [5, 5.41) is 11.6. The van der Waals surface area contributed by atoms with Crippen LogP contribution in [0.2, 0.25) is 0 Å². The zero-order valence-corrected chi connectivity index (χ0v) is 20.2. The number of ether oxygens (including phenoxy) is 4. The number of para-hydroxylation sites is 1. The Kier molecular flexibility index (Phi) is 7.93. The third kappa shape index (κ3) is 5.66. The number of carbonyl (C=O) groups excluding carboxylic acids is 1. The van der Waals surface area contributed by atoms with E-state index in [9.17, 15) is 14.5 Å². The van der Waals surface area contributed by atoms with E-state index in [0.29, 0.717) is 25.0 Å². The van der Waals surface area contributed by atoms with E-state index in [4.69, 9.17) is 18.9 Å². The summed E-state index contributed by atoms with van der Waals surface area (Å²) in [6, 6.07) is 8.69. The van der Waals surface area contributed by atoms with Gasteiger partial charge in [-0.25, -0.2) is 4.79 Å². The molecule has 0 bridgehead atoms. The highest BCUT2D eigenvalue weighted by atomic mass is 32.2. The normalized spacial score (nSPS) is 35.0. The number of hydrogen-bond acceptors (Lipinski definition) is 7. The predicted octanol–water partition coefficient (Wildman–Crippen LogP) is 3.62. The Morgan fingerprint density at radius 3 is 2.62 bits per heavy atom. The van der Waals surface area contributed by atoms with Gasteiger partial charge in [0.05, 0.1) is 18.3 Å². The van der Waals surface area contributed by atoms with E-state index in [1.807, 2.05) is 26.8 Å². The van der Waals surface area contributed by atoms with Crippen molar-refractivity contribution in [3.8, 4) is 5.75 Å². The molecule has 7 unspecified atom stereocenters. The number of methoxy groups -OCH3 is 1. The molecule has 1 saturated carbocycles. The van der Waals surface area contributed by atoms with Gasteiger partial charge < -0.3 is 28.6 Å². The van der Waals surface area contributed by atoms with Crippen LogP contribution < -0.4 is 4.74 Å². The largest absolute Gasteiger partial charge is 0.616 e. The average Bonchev–Trinajstić information content (AvgIpc) is 3.38. The predicted molar refractivity (Wildman–Crippen MR) is 122 cm³/mol. The fourth-order valence-corrected chi connectivity index (χ4v) is 5.95. The van der Waals surface area contributed by atoms with E-state index in [-0.39, 0.29) is 11.9 Å². The minimum Gasteiger partial charge on any atom is -0.616 e. The second-order valence-corrected chi connectivity index (χ2v) is 10.6. The molecule has 3 rings (SSSR count). The highest BCUT2D eigenvalue weighted by Crippen LogP contribution is 2.55. The zero-order valence-electron chi connectivity index (χ0n) is 19.4. The number of allylic oxidation sites excluding steroid dienone is 1. The van der Waals surface area contributed by atoms with Gasteiger partial charge in [-0.15, -0.1) is 0 Å². The Balaban J connectivity index is 1.80. The van der Waals surface area contributed by atoms with E-state index in [1.165, 1.54) is 12.7 Å². The summed E-state index contributed by atoms with van der Waals surface area (Å²) in [4.78, 5) is 12.4. The molecule has 1 heterocycles. The maximum Gasteiger partial charge on any atom is 0.514 e. The molecule has 7 atom stereocenters. The molecule has 8 heteroatoms. The van der Waals surface area contributed by atoms with E-state index in [1.54, 1.807) is 30.5 Å². The van der Waals surface area contributed by atoms with Gasteiger partial charge in [0.25, 0.3) is 0 Å². The van der Waals surface area contributed by atoms with Crippen molar-refractivity contribution in [2.24, 2.45) is 5.92 Å². The molecule has 1 aromatic carbocycles. The van der Waals surface area contributed by atoms with Crippen LogP contribution in [0.3, 0.4) is 0 Å². The monoisotopic (exact) mass is 466 g/mol. The number of benzene rings is 1. The maximum atomic E-state index is 12.4. The molecule has 0 aromatic heterocycles. The quantitative estimate of drug-likeness (QED) is 0.205. The molecule has 0 spiro atoms. The molecule has 0 radical (unpaired) electrons. The van der Waals surface area contributed by atoms with E-state index < -0.39 is 46.7 Å². The lowest BCUT2D eigenvalue weighted by molar-refractivity contribution is -0.173. The summed E-state index contributed by atoms with van der Waals surface area (Å²) in [5.41, 5.74) is -0.770. The van der Waals surface area contributed by atoms with Crippen LogP contribution in [0.25, 0.3) is 0 Å². The van der Waals surface area contributed by atoms with Gasteiger partial charge in [-0.2, -0.15) is 0 Å². The van der Waals surface area contributed by atoms with Crippen LogP contribution in [-0.2, 0) is 25.4 Å². The van der Waals surface area contributed by atoms with Crippen LogP contribution in [-0.4, -0.2) is 64.4 Å². The molecular formula is C24H34O7S. The average molecular weight is 467 g/mol. The zero-order chi connectivity index (χ0) is 23.5. The first-order valence-electron chi connectivity index (χ1n) is 10.9. The molecule has 1 aliphatic heterocycles. The molecule has 1 saturated heterocycles. The first-order chi connectivity index (χ1) is 15.1. The first kappa shape index (κ1) is 25.1. The maximum absolute atomic E-state index is 12.4. The number of carbonyl (C=O) groups is 1. The van der Waals surface area contributed by atoms with Gasteiger partial charge in [0.15, 0.2) is 0 Å². The Morgan fingerprint density at radius 1 is 1.34 bits per heavy atom. The highest BCUT2D eigenvalue weighted by Gasteiger charge is 2.68. The topological polar surface area (TPSA) is 101 Å². The molecule has 32 heavy (non-hydrogen) atoms. The van der Waals surface area contributed by atoms with Gasteiger partial charge in [0.1, 0.15) is 34.9 Å². The van der Waals surface area contributed by atoms with E-state index >= 15 is 0 Å². The van der Waals surface area contributed by atoms with Crippen molar-refractivity contribution >= 4 is 17.3 Å². The molecule has 0 amide bonds. The van der Waals surface area contributed by atoms with Gasteiger partial charge in [0.2, 0.25) is 0 Å². The van der Waals surface area contributed by atoms with Crippen molar-refractivity contribution in [1.29, 1.82) is 0 Å². The Labute approximate surface area is 193 Å². The minimum absolute atomic E-state index is 0.104. The Morgan fingerprint density at radius 2 is 2.03 bits per heavy atom. The van der Waals surface area contributed by atoms with Gasteiger partial charge >= 0.3 is 6.16 Å². The van der Waals surface area contributed by atoms with Crippen LogP contribution in [0.1, 0.15) is 40.0 Å². The van der Waals surface area contributed by atoms with Gasteiger partial charge in [-0.3, -0.25) is 0 Å². The third-order valence-electron chi connectivity index (χ3n) is 6.39. The fraction of sp³-hybridized carbons (Fsp3) is 0.625. The molecule has 2 fully saturated rings.